The van der Waals surface area contributed by atoms with E-state index in [2.05, 4.69) is 56.6 Å². The smallest absolute Gasteiger partial charge is 0.242 e. The van der Waals surface area contributed by atoms with Gasteiger partial charge in [0.2, 0.25) is 12.2 Å². The number of amides is 1. The van der Waals surface area contributed by atoms with E-state index in [1.165, 1.54) is 12.1 Å². The fourth-order valence-corrected chi connectivity index (χ4v) is 16.6. The average molecular weight is 1270 g/mol. The van der Waals surface area contributed by atoms with Crippen LogP contribution in [0.25, 0.3) is 0 Å². The molecule has 15 rings (SSSR count). The second-order valence-electron chi connectivity index (χ2n) is 26.8. The van der Waals surface area contributed by atoms with E-state index >= 15 is 9.59 Å². The Labute approximate surface area is 536 Å². The monoisotopic (exact) mass is 1270 g/mol. The van der Waals surface area contributed by atoms with Crippen molar-refractivity contribution in [2.75, 3.05) is 44.5 Å². The first-order chi connectivity index (χ1) is 45.0. The van der Waals surface area contributed by atoms with Crippen molar-refractivity contribution in [1.82, 2.24) is 26.6 Å². The number of carbonyl (C=O) groups is 4. The topological polar surface area (TPSA) is 351 Å². The molecular formula is C70H78N8O15. The minimum absolute atomic E-state index is 0.0374. The van der Waals surface area contributed by atoms with Crippen LogP contribution in [0.2, 0.25) is 0 Å². The lowest BCUT2D eigenvalue weighted by Gasteiger charge is -2.51. The molecule has 4 aromatic rings. The second kappa shape index (κ2) is 24.4. The lowest BCUT2D eigenvalue weighted by molar-refractivity contribution is -0.311. The number of nitrogens with two attached hydrogens (primary N) is 2. The Kier molecular flexibility index (Phi) is 16.2. The van der Waals surface area contributed by atoms with E-state index in [-0.39, 0.29) is 116 Å². The highest BCUT2D eigenvalue weighted by Gasteiger charge is 2.60. The predicted molar refractivity (Wildman–Crippen MR) is 335 cm³/mol. The Balaban J connectivity index is 0.984. The first-order valence-electron chi connectivity index (χ1n) is 32.6. The van der Waals surface area contributed by atoms with Gasteiger partial charge in [0, 0.05) is 58.4 Å². The minimum Gasteiger partial charge on any atom is -0.486 e. The molecule has 0 unspecified atom stereocenters. The van der Waals surface area contributed by atoms with E-state index in [1.54, 1.807) is 12.1 Å². The van der Waals surface area contributed by atoms with Crippen LogP contribution in [-0.2, 0) is 49.7 Å². The van der Waals surface area contributed by atoms with Gasteiger partial charge < -0.3 is 85.7 Å². The largest absolute Gasteiger partial charge is 0.486 e. The SMILES string of the molecule is NC1=C2C(=CCN1)[C@@]13CO[C@@H]4[C@H]5Oc6c(cc7c(c6OC[C@H](O)CC=O)C(=O)c6cc(CO)ccc6C7=O)[C@@H](c6ccccc6N6CN[C@H]7C(=O)N[C@H](N)N[C@H]76)[C@H]6CC[C@H](O)[C@H](C#C[C@](O)([C@H](COC6)O5)[C@H]4O)Cc4ccc(c(c4)C[C@@H]1O)CC3=C[C@H]2NC1CCCC1. The summed E-state index contributed by atoms with van der Waals surface area (Å²) in [6, 6.07) is 18.8. The Morgan fingerprint density at radius 2 is 1.77 bits per heavy atom. The van der Waals surface area contributed by atoms with E-state index in [1.807, 2.05) is 41.3 Å². The molecule has 7 aliphatic heterocycles. The van der Waals surface area contributed by atoms with E-state index < -0.39 is 115 Å². The number of ketones is 2. The molecule has 9 bridgehead atoms. The molecule has 23 nitrogen and oxygen atoms in total. The number of benzene rings is 4. The van der Waals surface area contributed by atoms with Gasteiger partial charge in [-0.1, -0.05) is 84.9 Å². The third-order valence-electron chi connectivity index (χ3n) is 21.4. The fourth-order valence-electron chi connectivity index (χ4n) is 16.6. The number of rotatable bonds is 10. The van der Waals surface area contributed by atoms with Crippen molar-refractivity contribution in [1.29, 1.82) is 0 Å². The maximum absolute atomic E-state index is 15.7. The predicted octanol–water partition coefficient (Wildman–Crippen LogP) is 0.683. The van der Waals surface area contributed by atoms with Gasteiger partial charge in [-0.2, -0.15) is 0 Å². The quantitative estimate of drug-likeness (QED) is 0.0519. The molecule has 23 heteroatoms. The number of nitrogens with zero attached hydrogens (tertiary/aromatic N) is 1. The zero-order chi connectivity index (χ0) is 64.2. The molecular weight excluding hydrogens is 1190 g/mol. The van der Waals surface area contributed by atoms with Crippen molar-refractivity contribution in [3.8, 4) is 23.3 Å². The number of aliphatic hydroxyl groups is 6. The summed E-state index contributed by atoms with van der Waals surface area (Å²) in [5.74, 6) is 1.95. The first kappa shape index (κ1) is 61.8. The summed E-state index contributed by atoms with van der Waals surface area (Å²) >= 11 is 0. The van der Waals surface area contributed by atoms with Gasteiger partial charge in [0.15, 0.2) is 28.7 Å². The lowest BCUT2D eigenvalue weighted by atomic mass is 9.61. The number of anilines is 1. The van der Waals surface area contributed by atoms with Gasteiger partial charge in [0.1, 0.15) is 55.5 Å². The Morgan fingerprint density at radius 3 is 2.60 bits per heavy atom. The summed E-state index contributed by atoms with van der Waals surface area (Å²) in [6.45, 7) is -1.47. The highest BCUT2D eigenvalue weighted by Crippen LogP contribution is 2.56. The maximum atomic E-state index is 15.7. The molecule has 15 N–H and O–H groups in total. The molecule has 4 fully saturated rings. The van der Waals surface area contributed by atoms with Crippen molar-refractivity contribution in [3.05, 3.63) is 157 Å². The lowest BCUT2D eigenvalue weighted by Crippen LogP contribution is -2.70. The highest BCUT2D eigenvalue weighted by atomic mass is 16.7. The molecule has 93 heavy (non-hydrogen) atoms. The normalized spacial score (nSPS) is 33.9. The molecule has 7 heterocycles. The van der Waals surface area contributed by atoms with Crippen molar-refractivity contribution < 1.29 is 73.5 Å². The zero-order valence-corrected chi connectivity index (χ0v) is 51.2. The molecule has 1 amide bonds. The summed E-state index contributed by atoms with van der Waals surface area (Å²) in [5, 5.41) is 92.0. The van der Waals surface area contributed by atoms with Gasteiger partial charge in [0.25, 0.3) is 0 Å². The van der Waals surface area contributed by atoms with Crippen LogP contribution < -0.4 is 52.4 Å². The molecule has 1 saturated carbocycles. The summed E-state index contributed by atoms with van der Waals surface area (Å²) in [5.41, 5.74) is 15.9. The summed E-state index contributed by atoms with van der Waals surface area (Å²) < 4.78 is 35.4. The van der Waals surface area contributed by atoms with Gasteiger partial charge in [-0.05, 0) is 109 Å². The Bertz CT molecular complexity index is 3880. The van der Waals surface area contributed by atoms with Gasteiger partial charge in [-0.25, -0.2) is 0 Å². The second-order valence-corrected chi connectivity index (χ2v) is 26.8. The van der Waals surface area contributed by atoms with Crippen LogP contribution in [0.5, 0.6) is 11.5 Å². The van der Waals surface area contributed by atoms with Crippen molar-refractivity contribution in [3.63, 3.8) is 0 Å². The molecule has 0 aromatic heterocycles. The number of aldehydes is 1. The third kappa shape index (κ3) is 10.5. The van der Waals surface area contributed by atoms with Crippen LogP contribution in [0.3, 0.4) is 0 Å². The number of hydrogen-bond donors (Lipinski definition) is 13. The molecule has 0 radical (unpaired) electrons. The Hall–Kier alpha value is -7.38. The van der Waals surface area contributed by atoms with Crippen LogP contribution >= 0.6 is 0 Å². The first-order valence-corrected chi connectivity index (χ1v) is 32.6. The molecule has 4 aliphatic carbocycles. The number of carbonyl (C=O) groups excluding carboxylic acids is 4. The standard InChI is InChI=1S/C70H78N8O15/c71-64-56-48(16-19-73-64)69-32-91-62-63(86)70(88)18-15-37(21-34-9-11-36(39(22-34)25-52(69)83)24-40(69)26-49(56)75-41-5-1-2-6-41)51(82)14-12-38-29-89-31-53(70)92-67(62)93-60-47(54(38)44-7-3-4-8-50(44)78-33-74-57-65(78)76-68(72)77-66(57)87)27-46-55(61(60)90-30-42(81)17-20-79)59(85)45-23-35(28-80)10-13-43(45)58(46)84/h3-4,7-11,13,16,20,22-23,26-27,37-38,41-42,49,51-54,57,62-63,65,67-68,73-76,80-83,86,88H,1-2,5-6,12,14,17,19,21,24-25,28-33,71-72H2,(H,77,87)/t37-,38+,42-,49-,51+,52+,53+,54-,57-,62+,63+,65+,67-,68-,69+,70+/m1/s1. The summed E-state index contributed by atoms with van der Waals surface area (Å²) in [4.78, 5) is 58.9. The van der Waals surface area contributed by atoms with Crippen LogP contribution in [0, 0.1) is 29.1 Å². The van der Waals surface area contributed by atoms with Crippen LogP contribution in [-0.4, -0.2) is 173 Å². The summed E-state index contributed by atoms with van der Waals surface area (Å²) in [6.07, 6.45) is -3.15. The van der Waals surface area contributed by atoms with E-state index in [9.17, 15) is 40.2 Å². The van der Waals surface area contributed by atoms with E-state index in [0.717, 1.165) is 59.1 Å². The van der Waals surface area contributed by atoms with Gasteiger partial charge in [-0.15, -0.1) is 0 Å². The van der Waals surface area contributed by atoms with Crippen molar-refractivity contribution in [2.45, 2.75) is 156 Å². The van der Waals surface area contributed by atoms with Crippen LogP contribution in [0.4, 0.5) is 5.69 Å². The van der Waals surface area contributed by atoms with Crippen LogP contribution in [0.1, 0.15) is 116 Å². The highest BCUT2D eigenvalue weighted by molar-refractivity contribution is 6.29. The number of aliphatic hydroxyl groups excluding tert-OH is 5. The molecule has 16 atom stereocenters. The van der Waals surface area contributed by atoms with E-state index in [0.29, 0.717) is 41.9 Å². The summed E-state index contributed by atoms with van der Waals surface area (Å²) in [7, 11) is 0. The number of hydrogen-bond acceptors (Lipinski definition) is 22. The molecule has 11 aliphatic rings. The number of ether oxygens (including phenoxy) is 5. The molecule has 4 aromatic carbocycles. The number of dihydropyridines is 1. The number of para-hydroxylation sites is 1. The number of nitrogens with one attached hydrogen (secondary N) is 5. The van der Waals surface area contributed by atoms with Gasteiger partial charge in [-0.3, -0.25) is 30.8 Å². The fraction of sp³-hybridized carbons (Fsp3) is 0.486. The molecule has 1 spiro atoms. The number of fused-ring (bicyclic) bond motifs is 14. The maximum Gasteiger partial charge on any atom is 0.242 e. The molecule has 3 saturated heterocycles. The molecule has 488 valence electrons. The van der Waals surface area contributed by atoms with Crippen molar-refractivity contribution in [2.24, 2.45) is 28.7 Å². The van der Waals surface area contributed by atoms with Crippen LogP contribution in [0.15, 0.2) is 101 Å². The zero-order valence-electron chi connectivity index (χ0n) is 51.2. The average Bonchev–Trinajstić information content (AvgIpc) is 1.54. The van der Waals surface area contributed by atoms with Gasteiger partial charge in [0.05, 0.1) is 74.3 Å². The third-order valence-corrected chi connectivity index (χ3v) is 21.4. The van der Waals surface area contributed by atoms with Gasteiger partial charge >= 0.3 is 0 Å². The van der Waals surface area contributed by atoms with Crippen molar-refractivity contribution >= 4 is 29.4 Å². The Morgan fingerprint density at radius 1 is 0.935 bits per heavy atom. The minimum atomic E-state index is -2.53. The van der Waals surface area contributed by atoms with E-state index in [4.69, 9.17) is 35.2 Å².